The number of nitrogens with zero attached hydrogens (tertiary/aromatic N) is 1. The molecule has 2 nitrogen and oxygen atoms in total. The molecule has 1 heterocycles. The molecule has 0 aliphatic rings. The first-order valence-corrected chi connectivity index (χ1v) is 6.83. The van der Waals surface area contributed by atoms with Gasteiger partial charge >= 0.3 is 0 Å². The Labute approximate surface area is 121 Å². The number of fused-ring (bicyclic) bond motifs is 1. The lowest BCUT2D eigenvalue weighted by Crippen LogP contribution is -1.97. The number of aryl methyl sites for hydroxylation is 2. The van der Waals surface area contributed by atoms with Crippen LogP contribution in [0.1, 0.15) is 11.1 Å². The first kappa shape index (κ1) is 12.5. The summed E-state index contributed by atoms with van der Waals surface area (Å²) in [4.78, 5) is 3.18. The molecule has 0 fully saturated rings. The second-order valence-corrected chi connectivity index (χ2v) is 5.48. The largest absolute Gasteiger partial charge is 0.329 e. The third-order valence-electron chi connectivity index (χ3n) is 3.26. The van der Waals surface area contributed by atoms with Crippen molar-refractivity contribution in [1.82, 2.24) is 9.55 Å². The lowest BCUT2D eigenvalue weighted by atomic mass is 10.1. The fourth-order valence-corrected chi connectivity index (χ4v) is 2.91. The molecule has 0 unspecified atom stereocenters. The molecule has 4 heteroatoms. The Bertz CT molecular complexity index is 830. The number of aromatic amines is 1. The van der Waals surface area contributed by atoms with Gasteiger partial charge in [0.1, 0.15) is 0 Å². The Morgan fingerprint density at radius 2 is 1.95 bits per heavy atom. The highest BCUT2D eigenvalue weighted by Gasteiger charge is 2.10. The summed E-state index contributed by atoms with van der Waals surface area (Å²) in [7, 11) is 0. The predicted molar refractivity (Wildman–Crippen MR) is 82.9 cm³/mol. The van der Waals surface area contributed by atoms with Gasteiger partial charge in [0, 0.05) is 0 Å². The lowest BCUT2D eigenvalue weighted by Gasteiger charge is -2.09. The van der Waals surface area contributed by atoms with Crippen LogP contribution in [0.2, 0.25) is 5.02 Å². The molecule has 1 aromatic heterocycles. The second-order valence-electron chi connectivity index (χ2n) is 4.69. The summed E-state index contributed by atoms with van der Waals surface area (Å²) in [6.45, 7) is 4.18. The first-order valence-electron chi connectivity index (χ1n) is 6.05. The van der Waals surface area contributed by atoms with Crippen molar-refractivity contribution in [3.63, 3.8) is 0 Å². The van der Waals surface area contributed by atoms with Crippen molar-refractivity contribution in [2.24, 2.45) is 0 Å². The van der Waals surface area contributed by atoms with Gasteiger partial charge in [-0.1, -0.05) is 35.4 Å². The van der Waals surface area contributed by atoms with Crippen molar-refractivity contribution >= 4 is 34.9 Å². The fourth-order valence-electron chi connectivity index (χ4n) is 2.39. The van der Waals surface area contributed by atoms with Crippen LogP contribution in [0.5, 0.6) is 0 Å². The highest BCUT2D eigenvalue weighted by Crippen LogP contribution is 2.26. The molecule has 0 aliphatic carbocycles. The highest BCUT2D eigenvalue weighted by molar-refractivity contribution is 7.71. The molecular formula is C15H13ClN2S. The quantitative estimate of drug-likeness (QED) is 0.628. The van der Waals surface area contributed by atoms with Gasteiger partial charge < -0.3 is 4.98 Å². The maximum atomic E-state index is 6.20. The van der Waals surface area contributed by atoms with Crippen LogP contribution in [0.15, 0.2) is 36.4 Å². The zero-order valence-electron chi connectivity index (χ0n) is 10.7. The summed E-state index contributed by atoms with van der Waals surface area (Å²) in [5.41, 5.74) is 5.41. The molecular weight excluding hydrogens is 276 g/mol. The fraction of sp³-hybridized carbons (Fsp3) is 0.133. The summed E-state index contributed by atoms with van der Waals surface area (Å²) < 4.78 is 2.70. The molecule has 0 radical (unpaired) electrons. The number of hydrogen-bond acceptors (Lipinski definition) is 1. The first-order chi connectivity index (χ1) is 9.08. The van der Waals surface area contributed by atoms with E-state index in [-0.39, 0.29) is 0 Å². The van der Waals surface area contributed by atoms with Crippen LogP contribution in [0.4, 0.5) is 0 Å². The van der Waals surface area contributed by atoms with Gasteiger partial charge in [-0.05, 0) is 49.8 Å². The Kier molecular flexibility index (Phi) is 2.96. The van der Waals surface area contributed by atoms with Gasteiger partial charge in [-0.25, -0.2) is 0 Å². The highest BCUT2D eigenvalue weighted by atomic mass is 35.5. The summed E-state index contributed by atoms with van der Waals surface area (Å²) >= 11 is 11.6. The number of hydrogen-bond donors (Lipinski definition) is 1. The van der Waals surface area contributed by atoms with E-state index in [4.69, 9.17) is 23.8 Å². The van der Waals surface area contributed by atoms with E-state index in [0.717, 1.165) is 16.7 Å². The number of para-hydroxylation sites is 1. The van der Waals surface area contributed by atoms with Gasteiger partial charge in [0.05, 0.1) is 21.7 Å². The summed E-state index contributed by atoms with van der Waals surface area (Å²) in [5.74, 6) is 0. The summed E-state index contributed by atoms with van der Waals surface area (Å²) in [5, 5.41) is 0.687. The molecule has 1 N–H and O–H groups in total. The maximum Gasteiger partial charge on any atom is 0.182 e. The number of halogens is 1. The Morgan fingerprint density at radius 1 is 1.16 bits per heavy atom. The van der Waals surface area contributed by atoms with Crippen LogP contribution in [0, 0.1) is 18.6 Å². The summed E-state index contributed by atoms with van der Waals surface area (Å²) in [6, 6.07) is 12.2. The van der Waals surface area contributed by atoms with E-state index in [9.17, 15) is 0 Å². The molecule has 96 valence electrons. The lowest BCUT2D eigenvalue weighted by molar-refractivity contribution is 1.05. The third-order valence-corrected chi connectivity index (χ3v) is 3.86. The van der Waals surface area contributed by atoms with Crippen LogP contribution < -0.4 is 0 Å². The number of nitrogens with one attached hydrogen (secondary N) is 1. The number of rotatable bonds is 1. The van der Waals surface area contributed by atoms with E-state index in [1.807, 2.05) is 22.8 Å². The standard InChI is InChI=1S/C15H13ClN2S/c1-9-6-7-12(10(2)8-9)18-13-5-3-4-11(16)14(13)17-15(18)19/h3-8H,1-2H3,(H,17,19). The van der Waals surface area contributed by atoms with Crippen molar-refractivity contribution < 1.29 is 0 Å². The van der Waals surface area contributed by atoms with E-state index >= 15 is 0 Å². The monoisotopic (exact) mass is 288 g/mol. The van der Waals surface area contributed by atoms with Crippen molar-refractivity contribution in [3.05, 3.63) is 57.3 Å². The van der Waals surface area contributed by atoms with Crippen LogP contribution in [0.25, 0.3) is 16.7 Å². The molecule has 0 spiro atoms. The molecule has 0 bridgehead atoms. The zero-order valence-corrected chi connectivity index (χ0v) is 12.3. The summed E-state index contributed by atoms with van der Waals surface area (Å²) in [6.07, 6.45) is 0. The minimum absolute atomic E-state index is 0.662. The molecule has 2 aromatic carbocycles. The second kappa shape index (κ2) is 4.51. The van der Waals surface area contributed by atoms with E-state index in [2.05, 4.69) is 37.0 Å². The SMILES string of the molecule is Cc1ccc(-n2c(=S)[nH]c3c(Cl)cccc32)c(C)c1. The Hall–Kier alpha value is -1.58. The Morgan fingerprint density at radius 3 is 2.68 bits per heavy atom. The van der Waals surface area contributed by atoms with E-state index in [1.54, 1.807) is 0 Å². The van der Waals surface area contributed by atoms with E-state index < -0.39 is 0 Å². The topological polar surface area (TPSA) is 20.7 Å². The average molecular weight is 289 g/mol. The van der Waals surface area contributed by atoms with Gasteiger partial charge in [0.25, 0.3) is 0 Å². The molecule has 19 heavy (non-hydrogen) atoms. The van der Waals surface area contributed by atoms with Crippen LogP contribution in [0.3, 0.4) is 0 Å². The zero-order chi connectivity index (χ0) is 13.6. The van der Waals surface area contributed by atoms with Gasteiger partial charge in [-0.2, -0.15) is 0 Å². The van der Waals surface area contributed by atoms with Gasteiger partial charge in [0.15, 0.2) is 4.77 Å². The molecule has 3 aromatic rings. The molecule has 0 aliphatic heterocycles. The molecule has 3 rings (SSSR count). The van der Waals surface area contributed by atoms with Crippen molar-refractivity contribution in [3.8, 4) is 5.69 Å². The number of benzene rings is 2. The average Bonchev–Trinajstić information content (AvgIpc) is 2.68. The van der Waals surface area contributed by atoms with Crippen molar-refractivity contribution in [1.29, 1.82) is 0 Å². The van der Waals surface area contributed by atoms with Crippen LogP contribution >= 0.6 is 23.8 Å². The van der Waals surface area contributed by atoms with E-state index in [0.29, 0.717) is 9.79 Å². The number of aromatic nitrogens is 2. The van der Waals surface area contributed by atoms with Crippen LogP contribution in [-0.2, 0) is 0 Å². The normalized spacial score (nSPS) is 11.1. The molecule has 0 saturated heterocycles. The molecule has 0 amide bonds. The smallest absolute Gasteiger partial charge is 0.182 e. The molecule has 0 saturated carbocycles. The van der Waals surface area contributed by atoms with Crippen molar-refractivity contribution in [2.45, 2.75) is 13.8 Å². The minimum atomic E-state index is 0.662. The van der Waals surface area contributed by atoms with Gasteiger partial charge in [0.2, 0.25) is 0 Å². The molecule has 0 atom stereocenters. The van der Waals surface area contributed by atoms with E-state index in [1.165, 1.54) is 11.1 Å². The maximum absolute atomic E-state index is 6.20. The van der Waals surface area contributed by atoms with Crippen molar-refractivity contribution in [2.75, 3.05) is 0 Å². The minimum Gasteiger partial charge on any atom is -0.329 e. The van der Waals surface area contributed by atoms with Crippen LogP contribution in [-0.4, -0.2) is 9.55 Å². The third kappa shape index (κ3) is 1.99. The number of H-pyrrole nitrogens is 1. The van der Waals surface area contributed by atoms with Gasteiger partial charge in [-0.3, -0.25) is 4.57 Å². The van der Waals surface area contributed by atoms with Gasteiger partial charge in [-0.15, -0.1) is 0 Å². The predicted octanol–water partition coefficient (Wildman–Crippen LogP) is 4.96. The number of imidazole rings is 1. The Balaban J connectivity index is 2.40.